The number of fused-ring (bicyclic) bond motifs is 1. The maximum Gasteiger partial charge on any atom is 0.123 e. The van der Waals surface area contributed by atoms with Crippen molar-refractivity contribution in [1.82, 2.24) is 15.1 Å². The quantitative estimate of drug-likeness (QED) is 0.919. The molecular weight excluding hydrogens is 241 g/mol. The summed E-state index contributed by atoms with van der Waals surface area (Å²) in [5, 5.41) is 7.49. The predicted molar refractivity (Wildman–Crippen MR) is 73.3 cm³/mol. The topological polar surface area (TPSA) is 31.9 Å². The average Bonchev–Trinajstić information content (AvgIpc) is 2.82. The van der Waals surface area contributed by atoms with Gasteiger partial charge in [-0.25, -0.2) is 4.39 Å². The van der Waals surface area contributed by atoms with Gasteiger partial charge in [0.05, 0.1) is 5.69 Å². The van der Waals surface area contributed by atoms with Crippen molar-refractivity contribution in [2.45, 2.75) is 26.3 Å². The lowest BCUT2D eigenvalue weighted by atomic mass is 10.0. The van der Waals surface area contributed by atoms with Crippen LogP contribution in [0.2, 0.25) is 0 Å². The Labute approximate surface area is 112 Å². The Kier molecular flexibility index (Phi) is 3.34. The number of aromatic nitrogens is 2. The molecule has 1 aromatic heterocycles. The molecule has 1 aromatic carbocycles. The van der Waals surface area contributed by atoms with Crippen LogP contribution in [-0.2, 0) is 13.0 Å². The largest absolute Gasteiger partial charge is 0.299 e. The van der Waals surface area contributed by atoms with E-state index < -0.39 is 0 Å². The van der Waals surface area contributed by atoms with Crippen molar-refractivity contribution < 1.29 is 4.39 Å². The minimum absolute atomic E-state index is 0.213. The van der Waals surface area contributed by atoms with Crippen LogP contribution < -0.4 is 0 Å². The molecule has 0 aliphatic carbocycles. The zero-order valence-corrected chi connectivity index (χ0v) is 11.1. The number of hydrogen-bond donors (Lipinski definition) is 1. The average molecular weight is 259 g/mol. The normalized spacial score (nSPS) is 15.5. The Morgan fingerprint density at radius 2 is 2.32 bits per heavy atom. The summed E-state index contributed by atoms with van der Waals surface area (Å²) in [5.74, 6) is -0.213. The highest BCUT2D eigenvalue weighted by Crippen LogP contribution is 2.28. The summed E-state index contributed by atoms with van der Waals surface area (Å²) < 4.78 is 13.3. The van der Waals surface area contributed by atoms with E-state index in [-0.39, 0.29) is 5.82 Å². The van der Waals surface area contributed by atoms with Gasteiger partial charge < -0.3 is 0 Å². The van der Waals surface area contributed by atoms with Gasteiger partial charge >= 0.3 is 0 Å². The number of halogens is 1. The first-order chi connectivity index (χ1) is 9.28. The van der Waals surface area contributed by atoms with Gasteiger partial charge in [-0.15, -0.1) is 0 Å². The third kappa shape index (κ3) is 2.40. The maximum atomic E-state index is 13.3. The Bertz CT molecular complexity index is 577. The van der Waals surface area contributed by atoms with Gasteiger partial charge in [0.2, 0.25) is 0 Å². The minimum atomic E-state index is -0.213. The predicted octanol–water partition coefficient (Wildman–Crippen LogP) is 2.98. The molecule has 2 aromatic rings. The van der Waals surface area contributed by atoms with Crippen molar-refractivity contribution in [2.24, 2.45) is 0 Å². The molecule has 0 saturated heterocycles. The monoisotopic (exact) mass is 259 g/mol. The van der Waals surface area contributed by atoms with Crippen LogP contribution in [0, 0.1) is 5.82 Å². The van der Waals surface area contributed by atoms with Crippen LogP contribution in [-0.4, -0.2) is 28.2 Å². The Morgan fingerprint density at radius 1 is 1.42 bits per heavy atom. The smallest absolute Gasteiger partial charge is 0.123 e. The summed E-state index contributed by atoms with van der Waals surface area (Å²) in [7, 11) is 0. The minimum Gasteiger partial charge on any atom is -0.299 e. The number of benzene rings is 1. The van der Waals surface area contributed by atoms with Crippen molar-refractivity contribution in [3.8, 4) is 11.3 Å². The summed E-state index contributed by atoms with van der Waals surface area (Å²) in [6.45, 7) is 5.28. The molecule has 2 heterocycles. The number of nitrogens with zero attached hydrogens (tertiary/aromatic N) is 2. The zero-order valence-electron chi connectivity index (χ0n) is 11.1. The van der Waals surface area contributed by atoms with Crippen LogP contribution in [0.15, 0.2) is 24.3 Å². The molecule has 4 heteroatoms. The molecule has 3 rings (SSSR count). The fourth-order valence-corrected chi connectivity index (χ4v) is 2.73. The van der Waals surface area contributed by atoms with Crippen LogP contribution in [0.5, 0.6) is 0 Å². The number of aromatic amines is 1. The molecule has 0 radical (unpaired) electrons. The van der Waals surface area contributed by atoms with Gasteiger partial charge in [0, 0.05) is 36.3 Å². The number of nitrogens with one attached hydrogen (secondary N) is 1. The van der Waals surface area contributed by atoms with E-state index in [9.17, 15) is 4.39 Å². The maximum absolute atomic E-state index is 13.3. The molecule has 0 spiro atoms. The van der Waals surface area contributed by atoms with Crippen molar-refractivity contribution in [3.63, 3.8) is 0 Å². The van der Waals surface area contributed by atoms with Crippen LogP contribution in [0.4, 0.5) is 4.39 Å². The first-order valence-electron chi connectivity index (χ1n) is 6.82. The highest BCUT2D eigenvalue weighted by atomic mass is 19.1. The Hall–Kier alpha value is -1.68. The van der Waals surface area contributed by atoms with E-state index in [1.54, 1.807) is 12.1 Å². The van der Waals surface area contributed by atoms with Crippen molar-refractivity contribution in [3.05, 3.63) is 41.3 Å². The van der Waals surface area contributed by atoms with E-state index in [1.165, 1.54) is 17.3 Å². The molecule has 0 fully saturated rings. The lowest BCUT2D eigenvalue weighted by Gasteiger charge is -2.26. The molecule has 100 valence electrons. The molecule has 1 N–H and O–H groups in total. The summed E-state index contributed by atoms with van der Waals surface area (Å²) in [5.41, 5.74) is 4.18. The number of rotatable bonds is 3. The van der Waals surface area contributed by atoms with E-state index in [2.05, 4.69) is 22.0 Å². The first-order valence-corrected chi connectivity index (χ1v) is 6.82. The third-order valence-corrected chi connectivity index (χ3v) is 3.65. The zero-order chi connectivity index (χ0) is 13.2. The molecule has 0 bridgehead atoms. The summed E-state index contributed by atoms with van der Waals surface area (Å²) >= 11 is 0. The van der Waals surface area contributed by atoms with Crippen LogP contribution in [0.1, 0.15) is 24.6 Å². The van der Waals surface area contributed by atoms with Gasteiger partial charge in [-0.1, -0.05) is 19.1 Å². The number of hydrogen-bond acceptors (Lipinski definition) is 2. The van der Waals surface area contributed by atoms with Gasteiger partial charge in [0.1, 0.15) is 5.82 Å². The van der Waals surface area contributed by atoms with E-state index in [0.717, 1.165) is 43.7 Å². The molecular formula is C15H18FN3. The SMILES string of the molecule is CCCN1CCc2[nH]nc(-c3cccc(F)c3)c2C1. The van der Waals surface area contributed by atoms with E-state index in [4.69, 9.17) is 0 Å². The van der Waals surface area contributed by atoms with Crippen molar-refractivity contribution in [1.29, 1.82) is 0 Å². The molecule has 19 heavy (non-hydrogen) atoms. The van der Waals surface area contributed by atoms with Crippen LogP contribution in [0.25, 0.3) is 11.3 Å². The second-order valence-electron chi connectivity index (χ2n) is 5.07. The van der Waals surface area contributed by atoms with Gasteiger partial charge in [-0.2, -0.15) is 5.10 Å². The Morgan fingerprint density at radius 3 is 3.11 bits per heavy atom. The second-order valence-corrected chi connectivity index (χ2v) is 5.07. The molecule has 0 atom stereocenters. The molecule has 0 saturated carbocycles. The fraction of sp³-hybridized carbons (Fsp3) is 0.400. The second kappa shape index (κ2) is 5.13. The summed E-state index contributed by atoms with van der Waals surface area (Å²) in [4.78, 5) is 2.43. The highest BCUT2D eigenvalue weighted by Gasteiger charge is 2.22. The van der Waals surface area contributed by atoms with Crippen LogP contribution in [0.3, 0.4) is 0 Å². The molecule has 1 aliphatic heterocycles. The summed E-state index contributed by atoms with van der Waals surface area (Å²) in [6, 6.07) is 6.66. The van der Waals surface area contributed by atoms with Gasteiger partial charge in [-0.05, 0) is 25.1 Å². The van der Waals surface area contributed by atoms with E-state index >= 15 is 0 Å². The van der Waals surface area contributed by atoms with Crippen LogP contribution >= 0.6 is 0 Å². The lowest BCUT2D eigenvalue weighted by molar-refractivity contribution is 0.254. The highest BCUT2D eigenvalue weighted by molar-refractivity contribution is 5.64. The lowest BCUT2D eigenvalue weighted by Crippen LogP contribution is -2.31. The van der Waals surface area contributed by atoms with E-state index in [0.29, 0.717) is 0 Å². The Balaban J connectivity index is 1.95. The molecule has 0 amide bonds. The molecule has 1 aliphatic rings. The van der Waals surface area contributed by atoms with Crippen molar-refractivity contribution >= 4 is 0 Å². The standard InChI is InChI=1S/C15H18FN3/c1-2-7-19-8-6-14-13(10-19)15(18-17-14)11-4-3-5-12(16)9-11/h3-5,9H,2,6-8,10H2,1H3,(H,17,18). The van der Waals surface area contributed by atoms with Gasteiger partial charge in [-0.3, -0.25) is 10.00 Å². The van der Waals surface area contributed by atoms with E-state index in [1.807, 2.05) is 6.07 Å². The summed E-state index contributed by atoms with van der Waals surface area (Å²) in [6.07, 6.45) is 2.15. The van der Waals surface area contributed by atoms with Crippen molar-refractivity contribution in [2.75, 3.05) is 13.1 Å². The third-order valence-electron chi connectivity index (χ3n) is 3.65. The number of H-pyrrole nitrogens is 1. The molecule has 3 nitrogen and oxygen atoms in total. The van der Waals surface area contributed by atoms with Gasteiger partial charge in [0.25, 0.3) is 0 Å². The van der Waals surface area contributed by atoms with Gasteiger partial charge in [0.15, 0.2) is 0 Å². The first kappa shape index (κ1) is 12.4. The fourth-order valence-electron chi connectivity index (χ4n) is 2.73. The molecule has 0 unspecified atom stereocenters.